The Kier molecular flexibility index (Phi) is 3.79. The van der Waals surface area contributed by atoms with Gasteiger partial charge in [0.05, 0.1) is 18.7 Å². The second-order valence-corrected chi connectivity index (χ2v) is 5.57. The molecule has 0 spiro atoms. The molecule has 0 unspecified atom stereocenters. The lowest BCUT2D eigenvalue weighted by Crippen LogP contribution is -2.48. The van der Waals surface area contributed by atoms with Crippen molar-refractivity contribution in [1.82, 2.24) is 14.9 Å². The molecule has 2 aromatic rings. The van der Waals surface area contributed by atoms with Gasteiger partial charge in [-0.2, -0.15) is 0 Å². The van der Waals surface area contributed by atoms with Crippen molar-refractivity contribution in [2.75, 3.05) is 20.2 Å². The van der Waals surface area contributed by atoms with Crippen LogP contribution in [-0.2, 0) is 4.79 Å². The summed E-state index contributed by atoms with van der Waals surface area (Å²) in [5, 5.41) is 0. The van der Waals surface area contributed by atoms with E-state index in [1.807, 2.05) is 37.3 Å². The summed E-state index contributed by atoms with van der Waals surface area (Å²) in [4.78, 5) is 22.4. The Morgan fingerprint density at radius 2 is 2.00 bits per heavy atom. The number of hydrogen-bond donors (Lipinski definition) is 0. The standard InChI is InChI=1S/C17H19N3O2/c1-11-8-15(14-6-4-5-7-16(14)22-3)19-17(18-11)13-9-20(10-13)12(2)21/h4-8,13H,9-10H2,1-3H3. The van der Waals surface area contributed by atoms with Gasteiger partial charge in [-0.25, -0.2) is 9.97 Å². The molecule has 114 valence electrons. The zero-order valence-corrected chi connectivity index (χ0v) is 13.0. The van der Waals surface area contributed by atoms with E-state index < -0.39 is 0 Å². The molecule has 0 atom stereocenters. The van der Waals surface area contributed by atoms with Crippen LogP contribution in [0.5, 0.6) is 5.75 Å². The molecule has 1 amide bonds. The van der Waals surface area contributed by atoms with E-state index in [4.69, 9.17) is 9.72 Å². The maximum Gasteiger partial charge on any atom is 0.219 e. The van der Waals surface area contributed by atoms with Gasteiger partial charge in [-0.1, -0.05) is 12.1 Å². The molecular weight excluding hydrogens is 278 g/mol. The topological polar surface area (TPSA) is 55.3 Å². The van der Waals surface area contributed by atoms with E-state index in [1.54, 1.807) is 18.9 Å². The van der Waals surface area contributed by atoms with Gasteiger partial charge in [0.25, 0.3) is 0 Å². The number of carbonyl (C=O) groups excluding carboxylic acids is 1. The summed E-state index contributed by atoms with van der Waals surface area (Å²) in [5.41, 5.74) is 2.74. The molecule has 1 aliphatic heterocycles. The molecule has 0 saturated carbocycles. The van der Waals surface area contributed by atoms with Gasteiger partial charge in [0.1, 0.15) is 11.6 Å². The average Bonchev–Trinajstić information content (AvgIpc) is 2.44. The fourth-order valence-electron chi connectivity index (χ4n) is 2.67. The lowest BCUT2D eigenvalue weighted by Gasteiger charge is -2.37. The molecule has 1 saturated heterocycles. The maximum absolute atomic E-state index is 11.3. The number of nitrogens with zero attached hydrogens (tertiary/aromatic N) is 3. The van der Waals surface area contributed by atoms with Gasteiger partial charge in [-0.3, -0.25) is 4.79 Å². The summed E-state index contributed by atoms with van der Waals surface area (Å²) in [7, 11) is 1.66. The Labute approximate surface area is 130 Å². The number of benzene rings is 1. The van der Waals surface area contributed by atoms with Gasteiger partial charge in [-0.05, 0) is 25.1 Å². The number of carbonyl (C=O) groups is 1. The van der Waals surface area contributed by atoms with E-state index in [0.29, 0.717) is 13.1 Å². The Bertz CT molecular complexity index is 709. The van der Waals surface area contributed by atoms with Crippen molar-refractivity contribution < 1.29 is 9.53 Å². The molecule has 0 aliphatic carbocycles. The Balaban J connectivity index is 1.92. The largest absolute Gasteiger partial charge is 0.496 e. The lowest BCUT2D eigenvalue weighted by molar-refractivity contribution is -0.133. The molecule has 0 radical (unpaired) electrons. The van der Waals surface area contributed by atoms with E-state index in [9.17, 15) is 4.79 Å². The number of aromatic nitrogens is 2. The van der Waals surface area contributed by atoms with Gasteiger partial charge >= 0.3 is 0 Å². The van der Waals surface area contributed by atoms with Crippen molar-refractivity contribution in [3.8, 4) is 17.0 Å². The van der Waals surface area contributed by atoms with Gasteiger partial charge in [0.2, 0.25) is 5.91 Å². The SMILES string of the molecule is COc1ccccc1-c1cc(C)nc(C2CN(C(C)=O)C2)n1. The maximum atomic E-state index is 11.3. The van der Waals surface area contributed by atoms with Crippen LogP contribution in [0.25, 0.3) is 11.3 Å². The Morgan fingerprint density at radius 3 is 2.68 bits per heavy atom. The van der Waals surface area contributed by atoms with Crippen LogP contribution in [0.1, 0.15) is 24.4 Å². The molecule has 3 rings (SSSR count). The van der Waals surface area contributed by atoms with Crippen LogP contribution in [-0.4, -0.2) is 41.0 Å². The van der Waals surface area contributed by atoms with Gasteiger partial charge in [0, 0.05) is 31.3 Å². The van der Waals surface area contributed by atoms with Crippen molar-refractivity contribution in [2.24, 2.45) is 0 Å². The Morgan fingerprint density at radius 1 is 1.27 bits per heavy atom. The lowest BCUT2D eigenvalue weighted by atomic mass is 9.98. The number of hydrogen-bond acceptors (Lipinski definition) is 4. The van der Waals surface area contributed by atoms with Crippen LogP contribution in [0.2, 0.25) is 0 Å². The molecular formula is C17H19N3O2. The van der Waals surface area contributed by atoms with Crippen LogP contribution in [0.15, 0.2) is 30.3 Å². The first-order valence-electron chi connectivity index (χ1n) is 7.33. The summed E-state index contributed by atoms with van der Waals surface area (Å²) < 4.78 is 5.42. The highest BCUT2D eigenvalue weighted by atomic mass is 16.5. The molecule has 1 aromatic carbocycles. The van der Waals surface area contributed by atoms with Crippen LogP contribution in [0.3, 0.4) is 0 Å². The highest BCUT2D eigenvalue weighted by Crippen LogP contribution is 2.31. The van der Waals surface area contributed by atoms with Crippen LogP contribution >= 0.6 is 0 Å². The third-order valence-corrected chi connectivity index (χ3v) is 3.95. The van der Waals surface area contributed by atoms with Gasteiger partial charge in [-0.15, -0.1) is 0 Å². The third-order valence-electron chi connectivity index (χ3n) is 3.95. The number of likely N-dealkylation sites (tertiary alicyclic amines) is 1. The third kappa shape index (κ3) is 2.66. The van der Waals surface area contributed by atoms with E-state index in [0.717, 1.165) is 28.5 Å². The first-order valence-corrected chi connectivity index (χ1v) is 7.33. The van der Waals surface area contributed by atoms with E-state index >= 15 is 0 Å². The zero-order chi connectivity index (χ0) is 15.7. The quantitative estimate of drug-likeness (QED) is 0.873. The summed E-state index contributed by atoms with van der Waals surface area (Å²) in [6, 6.07) is 9.78. The minimum absolute atomic E-state index is 0.105. The molecule has 1 aromatic heterocycles. The molecule has 1 aliphatic rings. The number of methoxy groups -OCH3 is 1. The summed E-state index contributed by atoms with van der Waals surface area (Å²) in [6.45, 7) is 4.95. The smallest absolute Gasteiger partial charge is 0.219 e. The molecule has 5 nitrogen and oxygen atoms in total. The van der Waals surface area contributed by atoms with Crippen molar-refractivity contribution in [1.29, 1.82) is 0 Å². The minimum Gasteiger partial charge on any atom is -0.496 e. The molecule has 0 bridgehead atoms. The minimum atomic E-state index is 0.105. The van der Waals surface area contributed by atoms with Gasteiger partial charge < -0.3 is 9.64 Å². The second-order valence-electron chi connectivity index (χ2n) is 5.57. The number of ether oxygens (including phenoxy) is 1. The van der Waals surface area contributed by atoms with Crippen molar-refractivity contribution in [2.45, 2.75) is 19.8 Å². The van der Waals surface area contributed by atoms with Crippen molar-refractivity contribution >= 4 is 5.91 Å². The normalized spacial score (nSPS) is 14.6. The van der Waals surface area contributed by atoms with E-state index in [2.05, 4.69) is 4.98 Å². The number of para-hydroxylation sites is 1. The molecule has 0 N–H and O–H groups in total. The average molecular weight is 297 g/mol. The fourth-order valence-corrected chi connectivity index (χ4v) is 2.67. The van der Waals surface area contributed by atoms with Crippen molar-refractivity contribution in [3.63, 3.8) is 0 Å². The highest BCUT2D eigenvalue weighted by Gasteiger charge is 2.32. The first-order chi connectivity index (χ1) is 10.6. The number of aryl methyl sites for hydroxylation is 1. The summed E-state index contributed by atoms with van der Waals surface area (Å²) in [5.74, 6) is 1.93. The zero-order valence-electron chi connectivity index (χ0n) is 13.0. The molecule has 5 heteroatoms. The van der Waals surface area contributed by atoms with Crippen LogP contribution in [0, 0.1) is 6.92 Å². The second kappa shape index (κ2) is 5.75. The summed E-state index contributed by atoms with van der Waals surface area (Å²) >= 11 is 0. The number of amides is 1. The van der Waals surface area contributed by atoms with Gasteiger partial charge in [0.15, 0.2) is 0 Å². The molecule has 2 heterocycles. The molecule has 22 heavy (non-hydrogen) atoms. The first kappa shape index (κ1) is 14.5. The van der Waals surface area contributed by atoms with Crippen molar-refractivity contribution in [3.05, 3.63) is 41.9 Å². The monoisotopic (exact) mass is 297 g/mol. The predicted molar refractivity (Wildman–Crippen MR) is 83.8 cm³/mol. The highest BCUT2D eigenvalue weighted by molar-refractivity contribution is 5.74. The predicted octanol–water partition coefficient (Wildman–Crippen LogP) is 2.41. The number of rotatable bonds is 3. The summed E-state index contributed by atoms with van der Waals surface area (Å²) in [6.07, 6.45) is 0. The molecule has 1 fully saturated rings. The van der Waals surface area contributed by atoms with E-state index in [-0.39, 0.29) is 11.8 Å². The van der Waals surface area contributed by atoms with Crippen LogP contribution in [0.4, 0.5) is 0 Å². The Hall–Kier alpha value is -2.43. The van der Waals surface area contributed by atoms with Crippen LogP contribution < -0.4 is 4.74 Å². The van der Waals surface area contributed by atoms with E-state index in [1.165, 1.54) is 0 Å². The fraction of sp³-hybridized carbons (Fsp3) is 0.353.